The van der Waals surface area contributed by atoms with E-state index in [9.17, 15) is 14.4 Å². The molecule has 0 heterocycles. The summed E-state index contributed by atoms with van der Waals surface area (Å²) in [6.07, 6.45) is 3.43. The van der Waals surface area contributed by atoms with E-state index >= 15 is 0 Å². The first-order valence-corrected chi connectivity index (χ1v) is 9.55. The summed E-state index contributed by atoms with van der Waals surface area (Å²) in [5.74, 6) is -0.924. The summed E-state index contributed by atoms with van der Waals surface area (Å²) in [6.45, 7) is 4.11. The molecular formula is C15H28AsNO5. The Hall–Kier alpha value is -1.03. The van der Waals surface area contributed by atoms with E-state index in [1.807, 2.05) is 0 Å². The molecule has 0 aromatic carbocycles. The third-order valence-corrected chi connectivity index (χ3v) is 3.82. The van der Waals surface area contributed by atoms with E-state index in [0.717, 1.165) is 24.5 Å². The van der Waals surface area contributed by atoms with Gasteiger partial charge in [0.2, 0.25) is 0 Å². The zero-order valence-corrected chi connectivity index (χ0v) is 16.1. The molecule has 0 saturated heterocycles. The summed E-state index contributed by atoms with van der Waals surface area (Å²) < 4.78 is 9.72. The van der Waals surface area contributed by atoms with Gasteiger partial charge in [0.05, 0.1) is 0 Å². The molecule has 0 aliphatic rings. The fraction of sp³-hybridized carbons (Fsp3) is 0.800. The van der Waals surface area contributed by atoms with Gasteiger partial charge in [0.25, 0.3) is 0 Å². The predicted molar refractivity (Wildman–Crippen MR) is 86.3 cm³/mol. The third-order valence-electron chi connectivity index (χ3n) is 2.96. The number of rotatable bonds is 12. The number of ether oxygens (including phenoxy) is 2. The average molecular weight is 377 g/mol. The molecule has 22 heavy (non-hydrogen) atoms. The molecule has 0 aromatic heterocycles. The van der Waals surface area contributed by atoms with E-state index in [-0.39, 0.29) is 38.0 Å². The molecule has 0 bridgehead atoms. The molecule has 1 unspecified atom stereocenters. The summed E-state index contributed by atoms with van der Waals surface area (Å²) in [5, 5.41) is 1.16. The molecule has 7 heteroatoms. The van der Waals surface area contributed by atoms with Crippen molar-refractivity contribution < 1.29 is 23.9 Å². The van der Waals surface area contributed by atoms with Crippen LogP contribution in [-0.4, -0.2) is 65.9 Å². The van der Waals surface area contributed by atoms with Crippen LogP contribution < -0.4 is 0 Å². The molecule has 0 aromatic rings. The quantitative estimate of drug-likeness (QED) is 0.288. The monoisotopic (exact) mass is 377 g/mol. The average Bonchev–Trinajstić information content (AvgIpc) is 2.48. The van der Waals surface area contributed by atoms with Gasteiger partial charge in [-0.25, -0.2) is 0 Å². The Bertz CT molecular complexity index is 349. The second kappa shape index (κ2) is 13.6. The number of hydrogen-bond donors (Lipinski definition) is 0. The van der Waals surface area contributed by atoms with Gasteiger partial charge in [-0.3, -0.25) is 0 Å². The zero-order chi connectivity index (χ0) is 16.8. The molecule has 0 aliphatic heterocycles. The molecule has 0 N–H and O–H groups in total. The van der Waals surface area contributed by atoms with Crippen molar-refractivity contribution in [3.8, 4) is 0 Å². The number of esters is 2. The number of hydrogen-bond acceptors (Lipinski definition) is 5. The third kappa shape index (κ3) is 10.7. The standard InChI is InChI=1S/C15H28AsNO5/c1-3-21-14(19)9-11-17(12-15(20)22-4-2)13(18)8-6-5-7-10-16/h3-12,16H2,1-2H3. The van der Waals surface area contributed by atoms with Gasteiger partial charge in [-0.05, 0) is 6.92 Å². The van der Waals surface area contributed by atoms with E-state index in [0.29, 0.717) is 13.0 Å². The van der Waals surface area contributed by atoms with Crippen molar-refractivity contribution in [2.75, 3.05) is 26.3 Å². The second-order valence-corrected chi connectivity index (χ2v) is 5.99. The fourth-order valence-electron chi connectivity index (χ4n) is 1.87. The van der Waals surface area contributed by atoms with Crippen molar-refractivity contribution >= 4 is 34.7 Å². The normalized spacial score (nSPS) is 10.1. The minimum atomic E-state index is -0.448. The van der Waals surface area contributed by atoms with Crippen LogP contribution in [-0.2, 0) is 23.9 Å². The predicted octanol–water partition coefficient (Wildman–Crippen LogP) is 0.943. The number of unbranched alkanes of at least 4 members (excludes halogenated alkanes) is 2. The molecule has 1 atom stereocenters. The summed E-state index contributed by atoms with van der Waals surface area (Å²) >= 11 is 1.69. The Kier molecular flexibility index (Phi) is 13.0. The molecule has 6 nitrogen and oxygen atoms in total. The van der Waals surface area contributed by atoms with Crippen LogP contribution in [0.2, 0.25) is 5.21 Å². The summed E-state index contributed by atoms with van der Waals surface area (Å²) in [4.78, 5) is 36.6. The van der Waals surface area contributed by atoms with Gasteiger partial charge in [0.1, 0.15) is 0 Å². The van der Waals surface area contributed by atoms with Crippen LogP contribution in [0.3, 0.4) is 0 Å². The van der Waals surface area contributed by atoms with Crippen LogP contribution in [0.25, 0.3) is 0 Å². The Morgan fingerprint density at radius 2 is 1.55 bits per heavy atom. The van der Waals surface area contributed by atoms with Crippen LogP contribution >= 0.6 is 0 Å². The molecule has 0 rings (SSSR count). The first kappa shape index (κ1) is 21.0. The second-order valence-electron chi connectivity index (χ2n) is 4.77. The topological polar surface area (TPSA) is 72.9 Å². The van der Waals surface area contributed by atoms with E-state index in [1.165, 1.54) is 4.90 Å². The molecule has 128 valence electrons. The first-order chi connectivity index (χ1) is 10.5. The SMILES string of the molecule is CCOC(=O)CCN(CC(=O)OCC)C(=O)CCCCC[AsH2]. The molecule has 0 aliphatic carbocycles. The molecule has 0 spiro atoms. The zero-order valence-electron chi connectivity index (χ0n) is 13.6. The Balaban J connectivity index is 4.39. The van der Waals surface area contributed by atoms with Crippen molar-refractivity contribution in [2.45, 2.75) is 51.2 Å². The maximum absolute atomic E-state index is 12.2. The van der Waals surface area contributed by atoms with Gasteiger partial charge in [-0.15, -0.1) is 0 Å². The van der Waals surface area contributed by atoms with E-state index < -0.39 is 5.97 Å². The number of carbonyl (C=O) groups is 3. The fourth-order valence-corrected chi connectivity index (χ4v) is 2.47. The number of amides is 1. The molecule has 1 amide bonds. The molecule has 0 saturated carbocycles. The van der Waals surface area contributed by atoms with Crippen LogP contribution in [0, 0.1) is 0 Å². The Morgan fingerprint density at radius 1 is 0.909 bits per heavy atom. The van der Waals surface area contributed by atoms with Gasteiger partial charge < -0.3 is 0 Å². The van der Waals surface area contributed by atoms with Gasteiger partial charge >= 0.3 is 134 Å². The van der Waals surface area contributed by atoms with E-state index in [4.69, 9.17) is 9.47 Å². The Labute approximate surface area is 141 Å². The van der Waals surface area contributed by atoms with E-state index in [1.54, 1.807) is 30.7 Å². The minimum absolute atomic E-state index is 0.0937. The van der Waals surface area contributed by atoms with Crippen molar-refractivity contribution in [3.63, 3.8) is 0 Å². The molecule has 0 fully saturated rings. The Morgan fingerprint density at radius 3 is 2.14 bits per heavy atom. The van der Waals surface area contributed by atoms with Gasteiger partial charge in [-0.2, -0.15) is 0 Å². The summed E-state index contributed by atoms with van der Waals surface area (Å²) in [5.41, 5.74) is 0. The number of carbonyl (C=O) groups excluding carboxylic acids is 3. The maximum atomic E-state index is 12.2. The van der Waals surface area contributed by atoms with E-state index in [2.05, 4.69) is 0 Å². The summed E-state index contributed by atoms with van der Waals surface area (Å²) in [7, 11) is 0. The van der Waals surface area contributed by atoms with Crippen LogP contribution in [0.15, 0.2) is 0 Å². The van der Waals surface area contributed by atoms with Crippen molar-refractivity contribution in [1.29, 1.82) is 0 Å². The van der Waals surface area contributed by atoms with Crippen LogP contribution in [0.5, 0.6) is 0 Å². The van der Waals surface area contributed by atoms with Crippen molar-refractivity contribution in [2.24, 2.45) is 0 Å². The summed E-state index contributed by atoms with van der Waals surface area (Å²) in [6, 6.07) is 0. The van der Waals surface area contributed by atoms with Gasteiger partial charge in [0.15, 0.2) is 0 Å². The molecular weight excluding hydrogens is 349 g/mol. The van der Waals surface area contributed by atoms with Crippen molar-refractivity contribution in [3.05, 3.63) is 0 Å². The first-order valence-electron chi connectivity index (χ1n) is 7.84. The van der Waals surface area contributed by atoms with Crippen molar-refractivity contribution in [1.82, 2.24) is 4.90 Å². The van der Waals surface area contributed by atoms with Gasteiger partial charge in [-0.1, -0.05) is 0 Å². The number of nitrogens with zero attached hydrogens (tertiary/aromatic N) is 1. The van der Waals surface area contributed by atoms with Crippen LogP contribution in [0.4, 0.5) is 0 Å². The molecule has 0 radical (unpaired) electrons. The van der Waals surface area contributed by atoms with Crippen LogP contribution in [0.1, 0.15) is 46.0 Å². The van der Waals surface area contributed by atoms with Gasteiger partial charge in [0, 0.05) is 0 Å².